The van der Waals surface area contributed by atoms with Crippen LogP contribution in [0.2, 0.25) is 0 Å². The normalized spacial score (nSPS) is 10.9. The van der Waals surface area contributed by atoms with Gasteiger partial charge in [0, 0.05) is 24.5 Å². The SMILES string of the molecule is Cn1ccc(C(=O)Nc2cccc(-c3nc4ccccc4s3)c2)n1. The Kier molecular flexibility index (Phi) is 3.59. The van der Waals surface area contributed by atoms with E-state index in [1.54, 1.807) is 35.3 Å². The van der Waals surface area contributed by atoms with Crippen molar-refractivity contribution in [3.8, 4) is 10.6 Å². The summed E-state index contributed by atoms with van der Waals surface area (Å²) in [6.07, 6.45) is 1.74. The van der Waals surface area contributed by atoms with Crippen LogP contribution in [0.25, 0.3) is 20.8 Å². The standard InChI is InChI=1S/C18H14N4OS/c1-22-10-9-15(21-22)17(23)19-13-6-4-5-12(11-13)18-20-14-7-2-3-8-16(14)24-18/h2-11H,1H3,(H,19,23). The summed E-state index contributed by atoms with van der Waals surface area (Å²) in [5.74, 6) is -0.225. The molecule has 4 rings (SSSR count). The van der Waals surface area contributed by atoms with Crippen LogP contribution in [0.15, 0.2) is 60.8 Å². The quantitative estimate of drug-likeness (QED) is 0.617. The van der Waals surface area contributed by atoms with Crippen molar-refractivity contribution >= 4 is 33.1 Å². The molecule has 1 amide bonds. The molecule has 1 N–H and O–H groups in total. The van der Waals surface area contributed by atoms with E-state index in [2.05, 4.69) is 21.5 Å². The molecule has 6 heteroatoms. The van der Waals surface area contributed by atoms with E-state index in [9.17, 15) is 4.79 Å². The highest BCUT2D eigenvalue weighted by Gasteiger charge is 2.11. The Labute approximate surface area is 142 Å². The first kappa shape index (κ1) is 14.6. The molecule has 0 unspecified atom stereocenters. The highest BCUT2D eigenvalue weighted by Crippen LogP contribution is 2.31. The van der Waals surface area contributed by atoms with Gasteiger partial charge in [0.2, 0.25) is 0 Å². The predicted octanol–water partition coefficient (Wildman–Crippen LogP) is 3.95. The van der Waals surface area contributed by atoms with Crippen molar-refractivity contribution in [3.63, 3.8) is 0 Å². The van der Waals surface area contributed by atoms with E-state index >= 15 is 0 Å². The van der Waals surface area contributed by atoms with Gasteiger partial charge in [0.15, 0.2) is 5.69 Å². The molecular weight excluding hydrogens is 320 g/mol. The van der Waals surface area contributed by atoms with Crippen molar-refractivity contribution in [1.82, 2.24) is 14.8 Å². The molecule has 0 fully saturated rings. The molecule has 0 aliphatic heterocycles. The van der Waals surface area contributed by atoms with Gasteiger partial charge in [-0.15, -0.1) is 11.3 Å². The van der Waals surface area contributed by atoms with Gasteiger partial charge in [-0.3, -0.25) is 9.48 Å². The molecular formula is C18H14N4OS. The fraction of sp³-hybridized carbons (Fsp3) is 0.0556. The van der Waals surface area contributed by atoms with E-state index in [0.717, 1.165) is 26.5 Å². The van der Waals surface area contributed by atoms with Crippen LogP contribution in [0, 0.1) is 0 Å². The number of anilines is 1. The minimum absolute atomic E-state index is 0.225. The maximum Gasteiger partial charge on any atom is 0.276 e. The molecule has 2 aromatic carbocycles. The van der Waals surface area contributed by atoms with E-state index < -0.39 is 0 Å². The zero-order chi connectivity index (χ0) is 16.5. The average molecular weight is 334 g/mol. The molecule has 0 radical (unpaired) electrons. The summed E-state index contributed by atoms with van der Waals surface area (Å²) in [7, 11) is 1.78. The molecule has 0 atom stereocenters. The third-order valence-electron chi connectivity index (χ3n) is 3.61. The maximum absolute atomic E-state index is 12.2. The Bertz CT molecular complexity index is 1000. The molecule has 2 heterocycles. The molecule has 0 spiro atoms. The average Bonchev–Trinajstić information content (AvgIpc) is 3.21. The monoisotopic (exact) mass is 334 g/mol. The Morgan fingerprint density at radius 1 is 1.12 bits per heavy atom. The summed E-state index contributed by atoms with van der Waals surface area (Å²) in [4.78, 5) is 16.9. The summed E-state index contributed by atoms with van der Waals surface area (Å²) in [6, 6.07) is 17.4. The molecule has 5 nitrogen and oxygen atoms in total. The lowest BCUT2D eigenvalue weighted by Gasteiger charge is -2.04. The third-order valence-corrected chi connectivity index (χ3v) is 4.69. The van der Waals surface area contributed by atoms with Gasteiger partial charge in [0.05, 0.1) is 10.2 Å². The Balaban J connectivity index is 1.62. The van der Waals surface area contributed by atoms with Gasteiger partial charge in [0.1, 0.15) is 5.01 Å². The molecule has 118 valence electrons. The van der Waals surface area contributed by atoms with Crippen LogP contribution in [0.3, 0.4) is 0 Å². The van der Waals surface area contributed by atoms with Crippen LogP contribution >= 0.6 is 11.3 Å². The Morgan fingerprint density at radius 3 is 2.79 bits per heavy atom. The summed E-state index contributed by atoms with van der Waals surface area (Å²) in [6.45, 7) is 0. The largest absolute Gasteiger partial charge is 0.321 e. The van der Waals surface area contributed by atoms with Crippen molar-refractivity contribution < 1.29 is 4.79 Å². The minimum atomic E-state index is -0.225. The molecule has 0 bridgehead atoms. The summed E-state index contributed by atoms with van der Waals surface area (Å²) in [5.41, 5.74) is 3.08. The van der Waals surface area contributed by atoms with Gasteiger partial charge in [-0.2, -0.15) is 5.10 Å². The number of hydrogen-bond donors (Lipinski definition) is 1. The van der Waals surface area contributed by atoms with Crippen LogP contribution in [-0.4, -0.2) is 20.7 Å². The predicted molar refractivity (Wildman–Crippen MR) is 96.2 cm³/mol. The molecule has 0 aliphatic carbocycles. The van der Waals surface area contributed by atoms with Crippen LogP contribution in [0.1, 0.15) is 10.5 Å². The number of benzene rings is 2. The van der Waals surface area contributed by atoms with Crippen molar-refractivity contribution in [1.29, 1.82) is 0 Å². The van der Waals surface area contributed by atoms with E-state index in [0.29, 0.717) is 5.69 Å². The second kappa shape index (κ2) is 5.90. The summed E-state index contributed by atoms with van der Waals surface area (Å²) in [5, 5.41) is 7.92. The summed E-state index contributed by atoms with van der Waals surface area (Å²) < 4.78 is 2.75. The first-order chi connectivity index (χ1) is 11.7. The second-order valence-corrected chi connectivity index (χ2v) is 6.43. The lowest BCUT2D eigenvalue weighted by molar-refractivity contribution is 0.102. The number of nitrogens with zero attached hydrogens (tertiary/aromatic N) is 3. The number of thiazole rings is 1. The number of rotatable bonds is 3. The zero-order valence-electron chi connectivity index (χ0n) is 12.9. The van der Waals surface area contributed by atoms with Crippen LogP contribution in [0.5, 0.6) is 0 Å². The number of carbonyl (C=O) groups excluding carboxylic acids is 1. The van der Waals surface area contributed by atoms with E-state index in [1.807, 2.05) is 42.5 Å². The van der Waals surface area contributed by atoms with Gasteiger partial charge in [0.25, 0.3) is 5.91 Å². The topological polar surface area (TPSA) is 59.8 Å². The number of para-hydroxylation sites is 1. The van der Waals surface area contributed by atoms with Gasteiger partial charge >= 0.3 is 0 Å². The van der Waals surface area contributed by atoms with Crippen LogP contribution < -0.4 is 5.32 Å². The Hall–Kier alpha value is -2.99. The van der Waals surface area contributed by atoms with Gasteiger partial charge in [-0.25, -0.2) is 4.98 Å². The number of hydrogen-bond acceptors (Lipinski definition) is 4. The molecule has 24 heavy (non-hydrogen) atoms. The van der Waals surface area contributed by atoms with Gasteiger partial charge in [-0.1, -0.05) is 24.3 Å². The maximum atomic E-state index is 12.2. The third kappa shape index (κ3) is 2.79. The first-order valence-corrected chi connectivity index (χ1v) is 8.28. The number of nitrogens with one attached hydrogen (secondary N) is 1. The Morgan fingerprint density at radius 2 is 2.00 bits per heavy atom. The second-order valence-electron chi connectivity index (χ2n) is 5.40. The number of amides is 1. The van der Waals surface area contributed by atoms with E-state index in [-0.39, 0.29) is 5.91 Å². The molecule has 2 aromatic heterocycles. The fourth-order valence-corrected chi connectivity index (χ4v) is 3.42. The summed E-state index contributed by atoms with van der Waals surface area (Å²) >= 11 is 1.64. The van der Waals surface area contributed by atoms with Crippen molar-refractivity contribution in [2.24, 2.45) is 7.05 Å². The van der Waals surface area contributed by atoms with Gasteiger partial charge in [-0.05, 0) is 30.3 Å². The minimum Gasteiger partial charge on any atom is -0.321 e. The number of aryl methyl sites for hydroxylation is 1. The molecule has 4 aromatic rings. The highest BCUT2D eigenvalue weighted by molar-refractivity contribution is 7.21. The highest BCUT2D eigenvalue weighted by atomic mass is 32.1. The molecule has 0 saturated carbocycles. The zero-order valence-corrected chi connectivity index (χ0v) is 13.7. The molecule has 0 saturated heterocycles. The number of fused-ring (bicyclic) bond motifs is 1. The number of aromatic nitrogens is 3. The fourth-order valence-electron chi connectivity index (χ4n) is 2.46. The van der Waals surface area contributed by atoms with Crippen LogP contribution in [0.4, 0.5) is 5.69 Å². The van der Waals surface area contributed by atoms with Crippen molar-refractivity contribution in [2.75, 3.05) is 5.32 Å². The van der Waals surface area contributed by atoms with Crippen LogP contribution in [-0.2, 0) is 7.05 Å². The lowest BCUT2D eigenvalue weighted by Crippen LogP contribution is -2.13. The molecule has 0 aliphatic rings. The lowest BCUT2D eigenvalue weighted by atomic mass is 10.2. The smallest absolute Gasteiger partial charge is 0.276 e. The van der Waals surface area contributed by atoms with Crippen molar-refractivity contribution in [2.45, 2.75) is 0 Å². The van der Waals surface area contributed by atoms with E-state index in [1.165, 1.54) is 0 Å². The van der Waals surface area contributed by atoms with Crippen molar-refractivity contribution in [3.05, 3.63) is 66.5 Å². The number of carbonyl (C=O) groups is 1. The van der Waals surface area contributed by atoms with Gasteiger partial charge < -0.3 is 5.32 Å². The first-order valence-electron chi connectivity index (χ1n) is 7.46. The van der Waals surface area contributed by atoms with E-state index in [4.69, 9.17) is 0 Å².